The maximum Gasteiger partial charge on any atom is 0.259 e. The van der Waals surface area contributed by atoms with E-state index in [2.05, 4.69) is 35.7 Å². The number of hydrogen-bond donors (Lipinski definition) is 3. The monoisotopic (exact) mass is 488 g/mol. The molecule has 0 saturated heterocycles. The summed E-state index contributed by atoms with van der Waals surface area (Å²) in [5.74, 6) is -2.45. The van der Waals surface area contributed by atoms with E-state index in [4.69, 9.17) is 0 Å². The van der Waals surface area contributed by atoms with Crippen molar-refractivity contribution in [1.82, 2.24) is 29.5 Å². The van der Waals surface area contributed by atoms with Gasteiger partial charge in [-0.3, -0.25) is 9.78 Å². The molecule has 0 bridgehead atoms. The average molecular weight is 489 g/mol. The van der Waals surface area contributed by atoms with Crippen molar-refractivity contribution in [3.8, 4) is 11.1 Å². The Morgan fingerprint density at radius 2 is 2.03 bits per heavy atom. The summed E-state index contributed by atoms with van der Waals surface area (Å²) in [5, 5.41) is 11.1. The first-order valence-electron chi connectivity index (χ1n) is 11.6. The Labute approximate surface area is 204 Å². The van der Waals surface area contributed by atoms with Crippen molar-refractivity contribution >= 4 is 34.1 Å². The summed E-state index contributed by atoms with van der Waals surface area (Å²) in [6, 6.07) is 7.23. The van der Waals surface area contributed by atoms with Gasteiger partial charge in [-0.2, -0.15) is 10.1 Å². The van der Waals surface area contributed by atoms with Gasteiger partial charge in [-0.15, -0.1) is 0 Å². The molecule has 1 saturated carbocycles. The van der Waals surface area contributed by atoms with Crippen molar-refractivity contribution in [3.05, 3.63) is 67.0 Å². The molecule has 36 heavy (non-hydrogen) atoms. The van der Waals surface area contributed by atoms with Crippen molar-refractivity contribution in [1.29, 1.82) is 0 Å². The number of nitrogens with zero attached hydrogens (tertiary/aromatic N) is 5. The van der Waals surface area contributed by atoms with E-state index in [1.54, 1.807) is 41.4 Å². The summed E-state index contributed by atoms with van der Waals surface area (Å²) in [6.45, 7) is 0. The van der Waals surface area contributed by atoms with Crippen LogP contribution in [0, 0.1) is 0 Å². The van der Waals surface area contributed by atoms with Gasteiger partial charge in [0.25, 0.3) is 5.91 Å². The fourth-order valence-electron chi connectivity index (χ4n) is 4.54. The SMILES string of the molecule is O=C(Nc1cccnc1)c1cnn2ccc(-c3c[nH]c4nc(NC5CCC(F)(F)CC5)ncc34)cc12. The molecular formula is C25H22F2N8O. The minimum atomic E-state index is -2.58. The molecule has 5 heterocycles. The third-order valence-corrected chi connectivity index (χ3v) is 6.48. The largest absolute Gasteiger partial charge is 0.351 e. The van der Waals surface area contributed by atoms with Crippen molar-refractivity contribution < 1.29 is 13.6 Å². The number of rotatable bonds is 5. The molecule has 1 amide bonds. The minimum Gasteiger partial charge on any atom is -0.351 e. The first-order valence-corrected chi connectivity index (χ1v) is 11.6. The number of carbonyl (C=O) groups excluding carboxylic acids is 1. The molecule has 1 fully saturated rings. The molecule has 0 aromatic carbocycles. The second-order valence-electron chi connectivity index (χ2n) is 8.93. The second-order valence-corrected chi connectivity index (χ2v) is 8.93. The molecule has 0 unspecified atom stereocenters. The highest BCUT2D eigenvalue weighted by Gasteiger charge is 2.35. The minimum absolute atomic E-state index is 0.0722. The van der Waals surface area contributed by atoms with Crippen LogP contribution in [0.5, 0.6) is 0 Å². The van der Waals surface area contributed by atoms with E-state index in [1.165, 1.54) is 6.20 Å². The average Bonchev–Trinajstić information content (AvgIpc) is 3.49. The second kappa shape index (κ2) is 8.67. The summed E-state index contributed by atoms with van der Waals surface area (Å²) >= 11 is 0. The lowest BCUT2D eigenvalue weighted by Gasteiger charge is -2.28. The van der Waals surface area contributed by atoms with Crippen LogP contribution in [0.2, 0.25) is 0 Å². The Morgan fingerprint density at radius 3 is 2.83 bits per heavy atom. The fraction of sp³-hybridized carbons (Fsp3) is 0.240. The number of amides is 1. The number of H-pyrrole nitrogens is 1. The quantitative estimate of drug-likeness (QED) is 0.324. The van der Waals surface area contributed by atoms with E-state index < -0.39 is 5.92 Å². The topological polar surface area (TPSA) is 113 Å². The molecule has 0 atom stereocenters. The smallest absolute Gasteiger partial charge is 0.259 e. The number of halogens is 2. The zero-order valence-corrected chi connectivity index (χ0v) is 19.1. The Balaban J connectivity index is 1.26. The van der Waals surface area contributed by atoms with E-state index in [0.29, 0.717) is 41.2 Å². The first-order chi connectivity index (χ1) is 17.4. The molecule has 0 spiro atoms. The van der Waals surface area contributed by atoms with E-state index >= 15 is 0 Å². The molecule has 1 aliphatic rings. The highest BCUT2D eigenvalue weighted by molar-refractivity contribution is 6.09. The van der Waals surface area contributed by atoms with Crippen LogP contribution in [0.3, 0.4) is 0 Å². The molecular weight excluding hydrogens is 466 g/mol. The molecule has 11 heteroatoms. The number of anilines is 2. The summed E-state index contributed by atoms with van der Waals surface area (Å²) in [6.07, 6.45) is 10.6. The predicted molar refractivity (Wildman–Crippen MR) is 131 cm³/mol. The van der Waals surface area contributed by atoms with Gasteiger partial charge >= 0.3 is 0 Å². The van der Waals surface area contributed by atoms with E-state index in [1.807, 2.05) is 18.3 Å². The van der Waals surface area contributed by atoms with Crippen LogP contribution in [-0.4, -0.2) is 47.4 Å². The highest BCUT2D eigenvalue weighted by Crippen LogP contribution is 2.34. The lowest BCUT2D eigenvalue weighted by Crippen LogP contribution is -2.32. The maximum atomic E-state index is 13.4. The molecule has 1 aliphatic carbocycles. The van der Waals surface area contributed by atoms with E-state index in [9.17, 15) is 13.6 Å². The normalized spacial score (nSPS) is 15.8. The van der Waals surface area contributed by atoms with Gasteiger partial charge in [0.2, 0.25) is 11.9 Å². The predicted octanol–water partition coefficient (Wildman–Crippen LogP) is 4.91. The van der Waals surface area contributed by atoms with Crippen LogP contribution < -0.4 is 10.6 Å². The van der Waals surface area contributed by atoms with Gasteiger partial charge in [-0.25, -0.2) is 18.3 Å². The Bertz CT molecular complexity index is 1550. The van der Waals surface area contributed by atoms with Crippen molar-refractivity contribution in [2.24, 2.45) is 0 Å². The van der Waals surface area contributed by atoms with Gasteiger partial charge < -0.3 is 15.6 Å². The first kappa shape index (κ1) is 22.1. The van der Waals surface area contributed by atoms with Gasteiger partial charge in [0.05, 0.1) is 29.2 Å². The number of alkyl halides is 2. The van der Waals surface area contributed by atoms with Crippen LogP contribution in [0.4, 0.5) is 20.4 Å². The molecule has 5 aromatic heterocycles. The summed E-state index contributed by atoms with van der Waals surface area (Å²) < 4.78 is 28.5. The van der Waals surface area contributed by atoms with E-state index in [0.717, 1.165) is 16.5 Å². The van der Waals surface area contributed by atoms with Crippen LogP contribution in [0.1, 0.15) is 36.0 Å². The van der Waals surface area contributed by atoms with Crippen LogP contribution in [-0.2, 0) is 0 Å². The number of carbonyl (C=O) groups is 1. The number of hydrogen-bond acceptors (Lipinski definition) is 6. The van der Waals surface area contributed by atoms with Gasteiger partial charge in [-0.05, 0) is 42.7 Å². The van der Waals surface area contributed by atoms with Crippen molar-refractivity contribution in [2.45, 2.75) is 37.6 Å². The van der Waals surface area contributed by atoms with E-state index in [-0.39, 0.29) is 24.8 Å². The molecule has 182 valence electrons. The lowest BCUT2D eigenvalue weighted by molar-refractivity contribution is -0.0361. The third kappa shape index (κ3) is 4.23. The van der Waals surface area contributed by atoms with Crippen LogP contribution >= 0.6 is 0 Å². The molecule has 3 N–H and O–H groups in total. The number of pyridine rings is 2. The number of fused-ring (bicyclic) bond motifs is 2. The van der Waals surface area contributed by atoms with Crippen molar-refractivity contribution in [3.63, 3.8) is 0 Å². The third-order valence-electron chi connectivity index (χ3n) is 6.48. The molecule has 5 aromatic rings. The maximum absolute atomic E-state index is 13.4. The van der Waals surface area contributed by atoms with Gasteiger partial charge in [0.15, 0.2) is 0 Å². The zero-order chi connectivity index (χ0) is 24.7. The van der Waals surface area contributed by atoms with Crippen LogP contribution in [0.25, 0.3) is 27.7 Å². The Hall–Kier alpha value is -4.41. The number of nitrogens with one attached hydrogen (secondary N) is 3. The fourth-order valence-corrected chi connectivity index (χ4v) is 4.54. The lowest BCUT2D eigenvalue weighted by atomic mass is 9.92. The summed E-state index contributed by atoms with van der Waals surface area (Å²) in [5.41, 5.74) is 4.04. The zero-order valence-electron chi connectivity index (χ0n) is 19.1. The Morgan fingerprint density at radius 1 is 1.17 bits per heavy atom. The summed E-state index contributed by atoms with van der Waals surface area (Å²) in [7, 11) is 0. The van der Waals surface area contributed by atoms with Gasteiger partial charge in [-0.1, -0.05) is 0 Å². The molecule has 0 aliphatic heterocycles. The number of aromatic amines is 1. The number of aromatic nitrogens is 6. The highest BCUT2D eigenvalue weighted by atomic mass is 19.3. The molecule has 0 radical (unpaired) electrons. The Kier molecular flexibility index (Phi) is 5.32. The van der Waals surface area contributed by atoms with Gasteiger partial charge in [0, 0.05) is 54.6 Å². The molecule has 6 rings (SSSR count). The van der Waals surface area contributed by atoms with Crippen molar-refractivity contribution in [2.75, 3.05) is 10.6 Å². The molecule has 9 nitrogen and oxygen atoms in total. The van der Waals surface area contributed by atoms with Gasteiger partial charge in [0.1, 0.15) is 5.65 Å². The standard InChI is InChI=1S/C25H22F2N8O/c26-25(27)6-3-16(4-7-25)33-24-30-13-19-18(12-29-22(19)34-24)15-5-9-35-21(10-15)20(14-31-35)23(36)32-17-2-1-8-28-11-17/h1-2,5,8-14,16H,3-4,6-7H2,(H,32,36)(H2,29,30,33,34). The van der Waals surface area contributed by atoms with Crippen LogP contribution in [0.15, 0.2) is 61.4 Å². The summed E-state index contributed by atoms with van der Waals surface area (Å²) in [4.78, 5) is 29.0.